The topological polar surface area (TPSA) is 178 Å². The van der Waals surface area contributed by atoms with E-state index in [2.05, 4.69) is 5.32 Å². The molecule has 0 radical (unpaired) electrons. The molecule has 13 heteroatoms. The lowest BCUT2D eigenvalue weighted by Gasteiger charge is -2.64. The molecule has 2 saturated carbocycles. The highest BCUT2D eigenvalue weighted by molar-refractivity contribution is 14.1. The summed E-state index contributed by atoms with van der Waals surface area (Å²) in [6.45, 7) is 6.88. The third-order valence-corrected chi connectivity index (χ3v) is 13.5. The number of ketones is 1. The number of hydrogen-bond donors (Lipinski definition) is 4. The van der Waals surface area contributed by atoms with Crippen LogP contribution in [0.4, 0.5) is 0 Å². The van der Waals surface area contributed by atoms with Crippen molar-refractivity contribution in [2.45, 2.75) is 88.8 Å². The molecule has 1 heterocycles. The predicted molar refractivity (Wildman–Crippen MR) is 210 cm³/mol. The molecule has 0 spiro atoms. The van der Waals surface area contributed by atoms with Crippen LogP contribution >= 0.6 is 23.0 Å². The summed E-state index contributed by atoms with van der Waals surface area (Å²) in [5, 5.41) is 40.0. The summed E-state index contributed by atoms with van der Waals surface area (Å²) in [5.41, 5.74) is -3.57. The lowest BCUT2D eigenvalue weighted by molar-refractivity contribution is -0.272. The van der Waals surface area contributed by atoms with Crippen LogP contribution in [0.15, 0.2) is 102 Å². The molecule has 4 aliphatic rings. The molecule has 7 rings (SSSR count). The molecule has 12 nitrogen and oxygen atoms in total. The molecule has 1 unspecified atom stereocenters. The van der Waals surface area contributed by atoms with Gasteiger partial charge in [-0.05, 0) is 54.8 Å². The van der Waals surface area contributed by atoms with Gasteiger partial charge in [-0.2, -0.15) is 0 Å². The zero-order valence-electron chi connectivity index (χ0n) is 31.5. The van der Waals surface area contributed by atoms with E-state index < -0.39 is 82.5 Å². The SMILES string of the molecule is CC1=C2[C@@H](O)C(=O)[C@]3(C)[C@@H](OI)C[C@H]4OCC4[C@H]3[C@H](OC(=O)c3ccccc3)[C@](O)(C[C@@H]1OC(=O)[C@H](O)[C@@H](NC(=O)c1ccccc1)c1ccccc1)C2(C)C. The number of rotatable bonds is 9. The van der Waals surface area contributed by atoms with E-state index in [1.807, 2.05) is 0 Å². The van der Waals surface area contributed by atoms with Gasteiger partial charge in [-0.3, -0.25) is 9.59 Å². The number of esters is 2. The average molecular weight is 880 g/mol. The maximum atomic E-state index is 14.9. The highest BCUT2D eigenvalue weighted by Crippen LogP contribution is 2.62. The minimum atomic E-state index is -2.07. The normalized spacial score (nSPS) is 32.9. The molecular weight excluding hydrogens is 833 g/mol. The summed E-state index contributed by atoms with van der Waals surface area (Å²) in [6.07, 6.45) is -7.51. The van der Waals surface area contributed by atoms with Gasteiger partial charge in [0.15, 0.2) is 11.9 Å². The molecule has 3 aliphatic carbocycles. The number of aliphatic hydroxyl groups excluding tert-OH is 2. The van der Waals surface area contributed by atoms with Crippen molar-refractivity contribution in [2.75, 3.05) is 6.61 Å². The Morgan fingerprint density at radius 3 is 2.07 bits per heavy atom. The monoisotopic (exact) mass is 879 g/mol. The van der Waals surface area contributed by atoms with Crippen molar-refractivity contribution in [3.8, 4) is 0 Å². The number of hydrogen-bond acceptors (Lipinski definition) is 11. The van der Waals surface area contributed by atoms with Gasteiger partial charge >= 0.3 is 11.9 Å². The van der Waals surface area contributed by atoms with Crippen LogP contribution in [0, 0.1) is 22.7 Å². The number of halogens is 1. The number of carbonyl (C=O) groups excluding carboxylic acids is 4. The minimum absolute atomic E-state index is 0.111. The zero-order valence-corrected chi connectivity index (χ0v) is 33.6. The number of ether oxygens (including phenoxy) is 3. The van der Waals surface area contributed by atoms with Crippen LogP contribution in [-0.2, 0) is 26.9 Å². The third-order valence-electron chi connectivity index (χ3n) is 12.9. The highest BCUT2D eigenvalue weighted by Gasteiger charge is 2.72. The van der Waals surface area contributed by atoms with Crippen molar-refractivity contribution in [1.82, 2.24) is 5.32 Å². The third kappa shape index (κ3) is 6.59. The number of Topliss-reactive ketones (excluding diaryl/α,β-unsaturated/α-hetero) is 1. The lowest BCUT2D eigenvalue weighted by atomic mass is 9.46. The molecule has 3 aromatic rings. The van der Waals surface area contributed by atoms with Crippen molar-refractivity contribution < 1.29 is 51.8 Å². The Balaban J connectivity index is 1.30. The van der Waals surface area contributed by atoms with Crippen molar-refractivity contribution in [1.29, 1.82) is 0 Å². The maximum absolute atomic E-state index is 14.9. The maximum Gasteiger partial charge on any atom is 0.338 e. The second-order valence-electron chi connectivity index (χ2n) is 16.1. The molecule has 56 heavy (non-hydrogen) atoms. The van der Waals surface area contributed by atoms with Gasteiger partial charge in [-0.15, -0.1) is 0 Å². The second-order valence-corrected chi connectivity index (χ2v) is 16.6. The number of nitrogens with one attached hydrogen (secondary N) is 1. The van der Waals surface area contributed by atoms with Crippen LogP contribution in [0.2, 0.25) is 0 Å². The fraction of sp³-hybridized carbons (Fsp3) is 0.442. The first-order valence-corrected chi connectivity index (χ1v) is 19.6. The minimum Gasteiger partial charge on any atom is -0.456 e. The summed E-state index contributed by atoms with van der Waals surface area (Å²) in [6, 6.07) is 23.9. The first kappa shape index (κ1) is 40.2. The van der Waals surface area contributed by atoms with Crippen molar-refractivity contribution in [2.24, 2.45) is 22.7 Å². The van der Waals surface area contributed by atoms with Crippen LogP contribution in [0.1, 0.15) is 72.9 Å². The number of fused-ring (bicyclic) bond motifs is 5. The van der Waals surface area contributed by atoms with Gasteiger partial charge in [-0.1, -0.05) is 80.6 Å². The highest BCUT2D eigenvalue weighted by atomic mass is 127. The summed E-state index contributed by atoms with van der Waals surface area (Å²) in [5.74, 6) is -4.23. The van der Waals surface area contributed by atoms with E-state index in [0.29, 0.717) is 23.1 Å². The molecule has 0 aromatic heterocycles. The molecule has 4 N–H and O–H groups in total. The average Bonchev–Trinajstić information content (AvgIpc) is 3.19. The summed E-state index contributed by atoms with van der Waals surface area (Å²) in [7, 11) is 0. The van der Waals surface area contributed by atoms with E-state index in [1.54, 1.807) is 142 Å². The van der Waals surface area contributed by atoms with Crippen LogP contribution in [-0.4, -0.2) is 87.8 Å². The number of amides is 1. The van der Waals surface area contributed by atoms with Crippen molar-refractivity contribution >= 4 is 46.6 Å². The quantitative estimate of drug-likeness (QED) is 0.131. The first-order chi connectivity index (χ1) is 26.6. The van der Waals surface area contributed by atoms with E-state index >= 15 is 0 Å². The molecule has 11 atom stereocenters. The zero-order chi connectivity index (χ0) is 40.2. The van der Waals surface area contributed by atoms with Gasteiger partial charge in [0.2, 0.25) is 0 Å². The molecule has 1 aliphatic heterocycles. The van der Waals surface area contributed by atoms with Gasteiger partial charge < -0.3 is 37.9 Å². The molecule has 296 valence electrons. The van der Waals surface area contributed by atoms with Gasteiger partial charge in [-0.25, -0.2) is 9.59 Å². The predicted octanol–water partition coefficient (Wildman–Crippen LogP) is 4.85. The molecule has 3 aromatic carbocycles. The Hall–Kier alpha value is -3.99. The van der Waals surface area contributed by atoms with Crippen molar-refractivity contribution in [3.63, 3.8) is 0 Å². The van der Waals surface area contributed by atoms with Crippen LogP contribution < -0.4 is 5.32 Å². The second kappa shape index (κ2) is 15.4. The summed E-state index contributed by atoms with van der Waals surface area (Å²) in [4.78, 5) is 56.4. The van der Waals surface area contributed by atoms with Crippen molar-refractivity contribution in [3.05, 3.63) is 119 Å². The van der Waals surface area contributed by atoms with E-state index in [0.717, 1.165) is 0 Å². The first-order valence-electron chi connectivity index (χ1n) is 18.8. The van der Waals surface area contributed by atoms with Gasteiger partial charge in [0, 0.05) is 35.7 Å². The molecule has 1 amide bonds. The van der Waals surface area contributed by atoms with Crippen LogP contribution in [0.25, 0.3) is 0 Å². The number of benzene rings is 3. The van der Waals surface area contributed by atoms with Gasteiger partial charge in [0.05, 0.1) is 35.8 Å². The van der Waals surface area contributed by atoms with Gasteiger partial charge in [0.1, 0.15) is 46.9 Å². The van der Waals surface area contributed by atoms with Crippen LogP contribution in [0.3, 0.4) is 0 Å². The Morgan fingerprint density at radius 1 is 0.911 bits per heavy atom. The Morgan fingerprint density at radius 2 is 1.50 bits per heavy atom. The fourth-order valence-corrected chi connectivity index (χ4v) is 10.3. The Bertz CT molecular complexity index is 2010. The lowest BCUT2D eigenvalue weighted by Crippen LogP contribution is -2.75. The van der Waals surface area contributed by atoms with Gasteiger partial charge in [0.25, 0.3) is 5.91 Å². The Labute approximate surface area is 339 Å². The number of aliphatic hydroxyl groups is 3. The molecular formula is C43H46INO11. The largest absolute Gasteiger partial charge is 0.456 e. The molecule has 3 fully saturated rings. The number of carbonyl (C=O) groups is 4. The van der Waals surface area contributed by atoms with E-state index in [1.165, 1.54) is 0 Å². The standard InChI is InChI=1S/C43H46INO11/c1-23-29(54-40(51)35(47)33(24-14-8-5-9-15-24)45-38(49)25-16-10-6-11-17-25)21-43(52)37(55-39(50)26-18-12-7-13-19-26)32-27-22-53-28(27)20-30(56-44)42(32,4)36(48)34(46)31(23)41(43,2)3/h5-19,27-30,32-35,37,46-47,52H,20-22H2,1-4H3,(H,45,49)/t27?,28-,29+,30+,32+,33+,34-,35-,37+,42-,43-/m1/s1. The van der Waals surface area contributed by atoms with E-state index in [-0.39, 0.29) is 36.2 Å². The van der Waals surface area contributed by atoms with E-state index in [4.69, 9.17) is 17.3 Å². The fourth-order valence-electron chi connectivity index (χ4n) is 9.59. The molecule has 2 bridgehead atoms. The van der Waals surface area contributed by atoms with Crippen LogP contribution in [0.5, 0.6) is 0 Å². The molecule has 1 saturated heterocycles. The van der Waals surface area contributed by atoms with E-state index in [9.17, 15) is 34.5 Å². The smallest absolute Gasteiger partial charge is 0.338 e. The summed E-state index contributed by atoms with van der Waals surface area (Å²) >= 11 is 1.74. The Kier molecular flexibility index (Phi) is 11.1. The summed E-state index contributed by atoms with van der Waals surface area (Å²) < 4.78 is 24.3.